The van der Waals surface area contributed by atoms with Crippen molar-refractivity contribution in [2.24, 2.45) is 0 Å². The third kappa shape index (κ3) is 5.32. The van der Waals surface area contributed by atoms with Crippen molar-refractivity contribution >= 4 is 5.91 Å². The van der Waals surface area contributed by atoms with Gasteiger partial charge in [-0.25, -0.2) is 0 Å². The van der Waals surface area contributed by atoms with E-state index in [0.29, 0.717) is 6.42 Å². The maximum Gasteiger partial charge on any atom is 0.220 e. The minimum atomic E-state index is 0.149. The van der Waals surface area contributed by atoms with Gasteiger partial charge in [-0.05, 0) is 51.4 Å². The van der Waals surface area contributed by atoms with Gasteiger partial charge < -0.3 is 10.6 Å². The van der Waals surface area contributed by atoms with Crippen LogP contribution in [0.25, 0.3) is 0 Å². The van der Waals surface area contributed by atoms with Crippen LogP contribution in [0.15, 0.2) is 18.2 Å². The van der Waals surface area contributed by atoms with Gasteiger partial charge in [0.15, 0.2) is 0 Å². The van der Waals surface area contributed by atoms with Gasteiger partial charge in [0.2, 0.25) is 5.91 Å². The highest BCUT2D eigenvalue weighted by Gasteiger charge is 2.02. The number of hydrogen-bond donors (Lipinski definition) is 2. The normalized spacial score (nSPS) is 10.4. The lowest BCUT2D eigenvalue weighted by molar-refractivity contribution is -0.121. The molecule has 0 atom stereocenters. The van der Waals surface area contributed by atoms with E-state index in [0.717, 1.165) is 25.9 Å². The van der Waals surface area contributed by atoms with Crippen molar-refractivity contribution in [3.05, 3.63) is 34.9 Å². The molecule has 1 rings (SSSR count). The highest BCUT2D eigenvalue weighted by Crippen LogP contribution is 2.10. The SMILES string of the molecule is CNCCCC(=O)NCCc1cc(C)ccc1C. The zero-order chi connectivity index (χ0) is 13.4. The summed E-state index contributed by atoms with van der Waals surface area (Å²) < 4.78 is 0. The first kappa shape index (κ1) is 14.7. The molecule has 0 radical (unpaired) electrons. The van der Waals surface area contributed by atoms with Gasteiger partial charge in [0, 0.05) is 13.0 Å². The van der Waals surface area contributed by atoms with Crippen LogP contribution in [0.5, 0.6) is 0 Å². The second-order valence-electron chi connectivity index (χ2n) is 4.74. The summed E-state index contributed by atoms with van der Waals surface area (Å²) in [5.41, 5.74) is 3.89. The first-order valence-electron chi connectivity index (χ1n) is 6.61. The number of rotatable bonds is 7. The predicted molar refractivity (Wildman–Crippen MR) is 75.8 cm³/mol. The van der Waals surface area contributed by atoms with Crippen molar-refractivity contribution in [1.29, 1.82) is 0 Å². The minimum absolute atomic E-state index is 0.149. The van der Waals surface area contributed by atoms with Crippen LogP contribution in [0.4, 0.5) is 0 Å². The molecule has 0 fully saturated rings. The molecule has 100 valence electrons. The van der Waals surface area contributed by atoms with Crippen LogP contribution in [0.3, 0.4) is 0 Å². The standard InChI is InChI=1S/C15H24N2O/c1-12-6-7-13(2)14(11-12)8-10-17-15(18)5-4-9-16-3/h6-7,11,16H,4-5,8-10H2,1-3H3,(H,17,18). The molecule has 0 aromatic heterocycles. The molecular weight excluding hydrogens is 224 g/mol. The molecule has 0 saturated carbocycles. The summed E-state index contributed by atoms with van der Waals surface area (Å²) in [6.07, 6.45) is 2.41. The van der Waals surface area contributed by atoms with Crippen LogP contribution in [0.2, 0.25) is 0 Å². The Bertz CT molecular complexity index is 388. The maximum atomic E-state index is 11.5. The zero-order valence-electron chi connectivity index (χ0n) is 11.7. The van der Waals surface area contributed by atoms with E-state index >= 15 is 0 Å². The highest BCUT2D eigenvalue weighted by molar-refractivity contribution is 5.75. The molecule has 0 saturated heterocycles. The summed E-state index contributed by atoms with van der Waals surface area (Å²) >= 11 is 0. The number of amides is 1. The Hall–Kier alpha value is -1.35. The third-order valence-corrected chi connectivity index (χ3v) is 3.05. The Labute approximate surface area is 110 Å². The summed E-state index contributed by atoms with van der Waals surface area (Å²) in [5.74, 6) is 0.149. The van der Waals surface area contributed by atoms with Crippen molar-refractivity contribution in [2.45, 2.75) is 33.1 Å². The molecule has 0 aliphatic rings. The lowest BCUT2D eigenvalue weighted by atomic mass is 10.0. The Morgan fingerprint density at radius 3 is 2.72 bits per heavy atom. The topological polar surface area (TPSA) is 41.1 Å². The average Bonchev–Trinajstić information content (AvgIpc) is 2.34. The van der Waals surface area contributed by atoms with Crippen molar-refractivity contribution in [3.8, 4) is 0 Å². The largest absolute Gasteiger partial charge is 0.356 e. The van der Waals surface area contributed by atoms with E-state index < -0.39 is 0 Å². The van der Waals surface area contributed by atoms with Gasteiger partial charge in [-0.2, -0.15) is 0 Å². The molecule has 0 aliphatic heterocycles. The molecule has 0 bridgehead atoms. The Morgan fingerprint density at radius 1 is 1.22 bits per heavy atom. The van der Waals surface area contributed by atoms with Gasteiger partial charge >= 0.3 is 0 Å². The molecular formula is C15H24N2O. The second-order valence-corrected chi connectivity index (χ2v) is 4.74. The molecule has 0 heterocycles. The number of benzene rings is 1. The van der Waals surface area contributed by atoms with Gasteiger partial charge in [-0.3, -0.25) is 4.79 Å². The summed E-state index contributed by atoms with van der Waals surface area (Å²) in [4.78, 5) is 11.5. The average molecular weight is 248 g/mol. The quantitative estimate of drug-likeness (QED) is 0.724. The van der Waals surface area contributed by atoms with Gasteiger partial charge in [0.25, 0.3) is 0 Å². The lowest BCUT2D eigenvalue weighted by Crippen LogP contribution is -2.26. The Balaban J connectivity index is 2.28. The highest BCUT2D eigenvalue weighted by atomic mass is 16.1. The van der Waals surface area contributed by atoms with E-state index in [1.807, 2.05) is 7.05 Å². The first-order chi connectivity index (χ1) is 8.63. The molecule has 3 nitrogen and oxygen atoms in total. The minimum Gasteiger partial charge on any atom is -0.356 e. The smallest absolute Gasteiger partial charge is 0.220 e. The summed E-state index contributed by atoms with van der Waals surface area (Å²) in [5, 5.41) is 6.01. The van der Waals surface area contributed by atoms with Crippen molar-refractivity contribution in [3.63, 3.8) is 0 Å². The van der Waals surface area contributed by atoms with Gasteiger partial charge in [-0.1, -0.05) is 23.8 Å². The predicted octanol–water partition coefficient (Wildman–Crippen LogP) is 1.96. The number of carbonyl (C=O) groups excluding carboxylic acids is 1. The summed E-state index contributed by atoms with van der Waals surface area (Å²) in [6, 6.07) is 6.46. The lowest BCUT2D eigenvalue weighted by Gasteiger charge is -2.08. The fourth-order valence-electron chi connectivity index (χ4n) is 1.92. The zero-order valence-corrected chi connectivity index (χ0v) is 11.7. The summed E-state index contributed by atoms with van der Waals surface area (Å²) in [7, 11) is 1.90. The molecule has 2 N–H and O–H groups in total. The van der Waals surface area contributed by atoms with Gasteiger partial charge in [-0.15, -0.1) is 0 Å². The van der Waals surface area contributed by atoms with Crippen LogP contribution >= 0.6 is 0 Å². The van der Waals surface area contributed by atoms with E-state index in [-0.39, 0.29) is 5.91 Å². The molecule has 1 amide bonds. The molecule has 0 unspecified atom stereocenters. The van der Waals surface area contributed by atoms with Crippen molar-refractivity contribution < 1.29 is 4.79 Å². The van der Waals surface area contributed by atoms with Crippen molar-refractivity contribution in [2.75, 3.05) is 20.1 Å². The Kier molecular flexibility index (Phi) is 6.44. The molecule has 1 aromatic rings. The fourth-order valence-corrected chi connectivity index (χ4v) is 1.92. The van der Waals surface area contributed by atoms with Crippen molar-refractivity contribution in [1.82, 2.24) is 10.6 Å². The van der Waals surface area contributed by atoms with E-state index in [1.54, 1.807) is 0 Å². The van der Waals surface area contributed by atoms with E-state index in [9.17, 15) is 4.79 Å². The number of hydrogen-bond acceptors (Lipinski definition) is 2. The maximum absolute atomic E-state index is 11.5. The molecule has 3 heteroatoms. The van der Waals surface area contributed by atoms with Crippen LogP contribution in [-0.2, 0) is 11.2 Å². The first-order valence-corrected chi connectivity index (χ1v) is 6.61. The third-order valence-electron chi connectivity index (χ3n) is 3.05. The molecule has 18 heavy (non-hydrogen) atoms. The molecule has 0 aliphatic carbocycles. The van der Waals surface area contributed by atoms with Crippen LogP contribution in [0, 0.1) is 13.8 Å². The van der Waals surface area contributed by atoms with Gasteiger partial charge in [0.1, 0.15) is 0 Å². The van der Waals surface area contributed by atoms with E-state index in [4.69, 9.17) is 0 Å². The van der Waals surface area contributed by atoms with Gasteiger partial charge in [0.05, 0.1) is 0 Å². The second kappa shape index (κ2) is 7.88. The van der Waals surface area contributed by atoms with Crippen LogP contribution < -0.4 is 10.6 Å². The number of carbonyl (C=O) groups is 1. The van der Waals surface area contributed by atoms with Crippen LogP contribution in [-0.4, -0.2) is 26.0 Å². The fraction of sp³-hybridized carbons (Fsp3) is 0.533. The van der Waals surface area contributed by atoms with Crippen LogP contribution in [0.1, 0.15) is 29.5 Å². The molecule has 1 aromatic carbocycles. The number of nitrogens with one attached hydrogen (secondary N) is 2. The monoisotopic (exact) mass is 248 g/mol. The summed E-state index contributed by atoms with van der Waals surface area (Å²) in [6.45, 7) is 5.83. The van der Waals surface area contributed by atoms with E-state index in [1.165, 1.54) is 16.7 Å². The number of aryl methyl sites for hydroxylation is 2. The Morgan fingerprint density at radius 2 is 2.00 bits per heavy atom. The van der Waals surface area contributed by atoms with E-state index in [2.05, 4.69) is 42.7 Å². The molecule has 0 spiro atoms.